The van der Waals surface area contributed by atoms with E-state index in [9.17, 15) is 9.90 Å². The molecule has 6 nitrogen and oxygen atoms in total. The molecule has 4 rings (SSSR count). The molecule has 0 radical (unpaired) electrons. The summed E-state index contributed by atoms with van der Waals surface area (Å²) >= 11 is 1.64. The number of aliphatic hydroxyl groups is 1. The van der Waals surface area contributed by atoms with Gasteiger partial charge in [-0.1, -0.05) is 32.0 Å². The molecule has 0 saturated carbocycles. The van der Waals surface area contributed by atoms with Gasteiger partial charge in [0.25, 0.3) is 0 Å². The van der Waals surface area contributed by atoms with E-state index in [2.05, 4.69) is 34.4 Å². The number of aromatic amines is 1. The largest absolute Gasteiger partial charge is 0.394 e. The number of thiazole rings is 1. The number of carbonyl (C=O) groups is 1. The minimum Gasteiger partial charge on any atom is -0.394 e. The predicted molar refractivity (Wildman–Crippen MR) is 119 cm³/mol. The maximum Gasteiger partial charge on any atom is 0.319 e. The average Bonchev–Trinajstić information content (AvgIpc) is 3.31. The number of nitrogens with zero attached hydrogens (tertiary/aromatic N) is 1. The highest BCUT2D eigenvalue weighted by atomic mass is 32.1. The summed E-state index contributed by atoms with van der Waals surface area (Å²) in [5.41, 5.74) is 3.75. The number of aromatic nitrogens is 2. The van der Waals surface area contributed by atoms with E-state index in [-0.39, 0.29) is 18.7 Å². The number of anilines is 1. The molecule has 0 spiro atoms. The van der Waals surface area contributed by atoms with Crippen LogP contribution in [0.5, 0.6) is 0 Å². The van der Waals surface area contributed by atoms with Crippen LogP contribution in [-0.4, -0.2) is 33.8 Å². The van der Waals surface area contributed by atoms with E-state index in [1.165, 1.54) is 0 Å². The van der Waals surface area contributed by atoms with E-state index >= 15 is 0 Å². The normalized spacial score (nSPS) is 12.6. The third-order valence-corrected chi connectivity index (χ3v) is 6.17. The molecule has 2 heterocycles. The molecule has 1 unspecified atom stereocenters. The van der Waals surface area contributed by atoms with Crippen LogP contribution in [0.15, 0.2) is 48.7 Å². The van der Waals surface area contributed by atoms with E-state index < -0.39 is 0 Å². The van der Waals surface area contributed by atoms with Crippen molar-refractivity contribution in [2.24, 2.45) is 0 Å². The summed E-state index contributed by atoms with van der Waals surface area (Å²) in [5, 5.41) is 17.7. The average molecular weight is 409 g/mol. The highest BCUT2D eigenvalue weighted by Gasteiger charge is 2.15. The molecule has 0 bridgehead atoms. The number of aliphatic hydroxyl groups excluding tert-OH is 1. The number of benzene rings is 2. The summed E-state index contributed by atoms with van der Waals surface area (Å²) in [6.45, 7) is 4.10. The van der Waals surface area contributed by atoms with Crippen molar-refractivity contribution < 1.29 is 9.90 Å². The van der Waals surface area contributed by atoms with Crippen LogP contribution < -0.4 is 10.6 Å². The van der Waals surface area contributed by atoms with Gasteiger partial charge >= 0.3 is 6.03 Å². The fraction of sp³-hybridized carbons (Fsp3) is 0.273. The van der Waals surface area contributed by atoms with Crippen LogP contribution >= 0.6 is 11.3 Å². The third-order valence-electron chi connectivity index (χ3n) is 4.85. The lowest BCUT2D eigenvalue weighted by molar-refractivity contribution is 0.224. The van der Waals surface area contributed by atoms with Gasteiger partial charge in [-0.05, 0) is 36.2 Å². The number of hydrogen-bond donors (Lipinski definition) is 4. The van der Waals surface area contributed by atoms with Gasteiger partial charge in [0, 0.05) is 28.7 Å². The summed E-state index contributed by atoms with van der Waals surface area (Å²) in [4.78, 5) is 20.3. The van der Waals surface area contributed by atoms with Crippen LogP contribution in [0.25, 0.3) is 21.1 Å². The van der Waals surface area contributed by atoms with Crippen LogP contribution in [0.2, 0.25) is 0 Å². The van der Waals surface area contributed by atoms with Gasteiger partial charge in [0.15, 0.2) is 0 Å². The first kappa shape index (κ1) is 19.4. The Labute approximate surface area is 173 Å². The Hall–Kier alpha value is -2.90. The van der Waals surface area contributed by atoms with Gasteiger partial charge < -0.3 is 20.7 Å². The maximum atomic E-state index is 12.5. The lowest BCUT2D eigenvalue weighted by atomic mass is 10.1. The minimum atomic E-state index is -0.381. The van der Waals surface area contributed by atoms with Crippen molar-refractivity contribution in [2.45, 2.75) is 32.2 Å². The first-order chi connectivity index (χ1) is 14.0. The molecule has 2 aromatic heterocycles. The van der Waals surface area contributed by atoms with Gasteiger partial charge in [0.2, 0.25) is 0 Å². The number of fused-ring (bicyclic) bond motifs is 2. The molecule has 2 aromatic carbocycles. The lowest BCUT2D eigenvalue weighted by Crippen LogP contribution is -2.41. The molecule has 1 atom stereocenters. The second kappa shape index (κ2) is 8.23. The zero-order valence-electron chi connectivity index (χ0n) is 16.4. The Kier molecular flexibility index (Phi) is 5.51. The quantitative estimate of drug-likeness (QED) is 0.375. The van der Waals surface area contributed by atoms with Crippen molar-refractivity contribution in [1.82, 2.24) is 15.3 Å². The summed E-state index contributed by atoms with van der Waals surface area (Å²) in [6, 6.07) is 13.0. The number of nitrogens with one attached hydrogen (secondary N) is 3. The SMILES string of the molecule is CC(C)c1nc2ccc(NC(=O)NC(CO)Cc3c[nH]c4ccccc34)cc2s1. The molecule has 0 aliphatic rings. The van der Waals surface area contributed by atoms with E-state index in [1.54, 1.807) is 11.3 Å². The van der Waals surface area contributed by atoms with E-state index in [4.69, 9.17) is 0 Å². The fourth-order valence-corrected chi connectivity index (χ4v) is 4.36. The molecule has 0 fully saturated rings. The standard InChI is InChI=1S/C22H24N4O2S/c1-13(2)21-26-19-8-7-15(10-20(19)29-21)24-22(28)25-16(12-27)9-14-11-23-18-6-4-3-5-17(14)18/h3-8,10-11,13,16,23,27H,9,12H2,1-2H3,(H2,24,25,28). The zero-order valence-corrected chi connectivity index (χ0v) is 17.2. The van der Waals surface area contributed by atoms with Gasteiger partial charge in [-0.25, -0.2) is 9.78 Å². The second-order valence-electron chi connectivity index (χ2n) is 7.43. The zero-order chi connectivity index (χ0) is 20.4. The highest BCUT2D eigenvalue weighted by Crippen LogP contribution is 2.29. The molecule has 4 aromatic rings. The molecular weight excluding hydrogens is 384 g/mol. The summed E-state index contributed by atoms with van der Waals surface area (Å²) in [5.74, 6) is 0.377. The van der Waals surface area contributed by atoms with Crippen LogP contribution in [0.4, 0.5) is 10.5 Å². The fourth-order valence-electron chi connectivity index (χ4n) is 3.35. The van der Waals surface area contributed by atoms with Crippen molar-refractivity contribution >= 4 is 44.2 Å². The molecule has 0 aliphatic heterocycles. The Morgan fingerprint density at radius 3 is 2.86 bits per heavy atom. The van der Waals surface area contributed by atoms with Gasteiger partial charge in [0.1, 0.15) is 0 Å². The molecule has 0 saturated heterocycles. The van der Waals surface area contributed by atoms with Crippen LogP contribution in [0.3, 0.4) is 0 Å². The number of amides is 2. The van der Waals surface area contributed by atoms with Crippen molar-refractivity contribution in [2.75, 3.05) is 11.9 Å². The Morgan fingerprint density at radius 1 is 1.24 bits per heavy atom. The van der Waals surface area contributed by atoms with E-state index in [0.29, 0.717) is 18.0 Å². The van der Waals surface area contributed by atoms with Crippen LogP contribution in [-0.2, 0) is 6.42 Å². The molecular formula is C22H24N4O2S. The topological polar surface area (TPSA) is 90.0 Å². The van der Waals surface area contributed by atoms with Crippen molar-refractivity contribution in [3.05, 3.63) is 59.2 Å². The number of rotatable bonds is 6. The monoisotopic (exact) mass is 408 g/mol. The molecule has 2 amide bonds. The Bertz CT molecular complexity index is 1150. The smallest absolute Gasteiger partial charge is 0.319 e. The molecule has 0 aliphatic carbocycles. The number of carbonyl (C=O) groups excluding carboxylic acids is 1. The van der Waals surface area contributed by atoms with E-state index in [0.717, 1.165) is 31.7 Å². The summed E-state index contributed by atoms with van der Waals surface area (Å²) < 4.78 is 1.05. The van der Waals surface area contributed by atoms with Gasteiger partial charge in [-0.15, -0.1) is 11.3 Å². The number of H-pyrrole nitrogens is 1. The second-order valence-corrected chi connectivity index (χ2v) is 8.49. The maximum absolute atomic E-state index is 12.5. The first-order valence-electron chi connectivity index (χ1n) is 9.67. The summed E-state index contributed by atoms with van der Waals surface area (Å²) in [7, 11) is 0. The van der Waals surface area contributed by atoms with Crippen LogP contribution in [0.1, 0.15) is 30.3 Å². The van der Waals surface area contributed by atoms with Crippen molar-refractivity contribution in [3.63, 3.8) is 0 Å². The third kappa shape index (κ3) is 4.26. The Balaban J connectivity index is 1.43. The first-order valence-corrected chi connectivity index (χ1v) is 10.5. The van der Waals surface area contributed by atoms with Crippen molar-refractivity contribution in [1.29, 1.82) is 0 Å². The molecule has 29 heavy (non-hydrogen) atoms. The van der Waals surface area contributed by atoms with Crippen molar-refractivity contribution in [3.8, 4) is 0 Å². The number of urea groups is 1. The number of para-hydroxylation sites is 1. The van der Waals surface area contributed by atoms with Gasteiger partial charge in [-0.2, -0.15) is 0 Å². The van der Waals surface area contributed by atoms with Crippen LogP contribution in [0, 0.1) is 0 Å². The van der Waals surface area contributed by atoms with E-state index in [1.807, 2.05) is 48.7 Å². The molecule has 7 heteroatoms. The lowest BCUT2D eigenvalue weighted by Gasteiger charge is -2.16. The number of hydrogen-bond acceptors (Lipinski definition) is 4. The Morgan fingerprint density at radius 2 is 2.07 bits per heavy atom. The minimum absolute atomic E-state index is 0.140. The summed E-state index contributed by atoms with van der Waals surface area (Å²) in [6.07, 6.45) is 2.47. The predicted octanol–water partition coefficient (Wildman–Crippen LogP) is 4.63. The molecule has 4 N–H and O–H groups in total. The van der Waals surface area contributed by atoms with Gasteiger partial charge in [-0.3, -0.25) is 0 Å². The highest BCUT2D eigenvalue weighted by molar-refractivity contribution is 7.18. The molecule has 150 valence electrons. The van der Waals surface area contributed by atoms with Gasteiger partial charge in [0.05, 0.1) is 27.9 Å².